The SMILES string of the molecule is C[N+](C)(C)CCCC(=O)NCc1ccc(C2C(CCC(O)c3ccc(F)cc3)CN2c2ccc(F)cc2)cc1. The van der Waals surface area contributed by atoms with Gasteiger partial charge < -0.3 is 19.8 Å². The Morgan fingerprint density at radius 3 is 2.21 bits per heavy atom. The Kier molecular flexibility index (Phi) is 9.36. The van der Waals surface area contributed by atoms with E-state index >= 15 is 0 Å². The Morgan fingerprint density at radius 2 is 1.59 bits per heavy atom. The first-order valence-corrected chi connectivity index (χ1v) is 13.7. The minimum absolute atomic E-state index is 0.0637. The van der Waals surface area contributed by atoms with E-state index in [1.165, 1.54) is 24.3 Å². The van der Waals surface area contributed by atoms with Crippen molar-refractivity contribution in [1.82, 2.24) is 5.32 Å². The Morgan fingerprint density at radius 1 is 0.974 bits per heavy atom. The molecule has 0 aliphatic carbocycles. The molecule has 0 aromatic heterocycles. The quantitative estimate of drug-likeness (QED) is 0.290. The molecule has 3 unspecified atom stereocenters. The zero-order valence-corrected chi connectivity index (χ0v) is 23.1. The average Bonchev–Trinajstić information content (AvgIpc) is 2.88. The van der Waals surface area contributed by atoms with E-state index in [4.69, 9.17) is 0 Å². The summed E-state index contributed by atoms with van der Waals surface area (Å²) in [7, 11) is 6.37. The number of hydrogen-bond donors (Lipinski definition) is 2. The van der Waals surface area contributed by atoms with Crippen molar-refractivity contribution in [2.24, 2.45) is 5.92 Å². The summed E-state index contributed by atoms with van der Waals surface area (Å²) in [6, 6.07) is 20.9. The van der Waals surface area contributed by atoms with E-state index in [0.29, 0.717) is 30.9 Å². The van der Waals surface area contributed by atoms with Gasteiger partial charge in [-0.25, -0.2) is 8.78 Å². The number of rotatable bonds is 12. The summed E-state index contributed by atoms with van der Waals surface area (Å²) < 4.78 is 27.7. The fraction of sp³-hybridized carbons (Fsp3) is 0.406. The van der Waals surface area contributed by atoms with E-state index in [1.54, 1.807) is 24.3 Å². The van der Waals surface area contributed by atoms with Crippen molar-refractivity contribution < 1.29 is 23.2 Å². The maximum Gasteiger partial charge on any atom is 0.220 e. The van der Waals surface area contributed by atoms with Crippen LogP contribution in [0.3, 0.4) is 0 Å². The highest BCUT2D eigenvalue weighted by atomic mass is 19.1. The van der Waals surface area contributed by atoms with Crippen LogP contribution >= 0.6 is 0 Å². The van der Waals surface area contributed by atoms with E-state index in [2.05, 4.69) is 43.5 Å². The molecular weight excluding hydrogens is 496 g/mol. The molecule has 1 saturated heterocycles. The summed E-state index contributed by atoms with van der Waals surface area (Å²) in [5.41, 5.74) is 3.85. The summed E-state index contributed by atoms with van der Waals surface area (Å²) in [5, 5.41) is 13.7. The molecule has 39 heavy (non-hydrogen) atoms. The number of carbonyl (C=O) groups excluding carboxylic acids is 1. The number of nitrogens with zero attached hydrogens (tertiary/aromatic N) is 2. The number of hydrogen-bond acceptors (Lipinski definition) is 3. The lowest BCUT2D eigenvalue weighted by molar-refractivity contribution is -0.870. The maximum absolute atomic E-state index is 13.6. The van der Waals surface area contributed by atoms with Gasteiger partial charge in [0, 0.05) is 37.5 Å². The molecular formula is C32H40F2N3O2+. The molecule has 1 fully saturated rings. The Balaban J connectivity index is 1.38. The molecule has 7 heteroatoms. The minimum Gasteiger partial charge on any atom is -0.388 e. The zero-order chi connectivity index (χ0) is 28.0. The Labute approximate surface area is 230 Å². The van der Waals surface area contributed by atoms with Crippen LogP contribution in [0.5, 0.6) is 0 Å². The van der Waals surface area contributed by atoms with Gasteiger partial charge in [0.25, 0.3) is 0 Å². The van der Waals surface area contributed by atoms with Gasteiger partial charge in [-0.3, -0.25) is 4.79 Å². The number of amides is 1. The van der Waals surface area contributed by atoms with Crippen LogP contribution in [0.4, 0.5) is 14.5 Å². The van der Waals surface area contributed by atoms with Gasteiger partial charge in [0.1, 0.15) is 11.6 Å². The Bertz CT molecular complexity index is 1210. The molecule has 2 N–H and O–H groups in total. The summed E-state index contributed by atoms with van der Waals surface area (Å²) >= 11 is 0. The fourth-order valence-electron chi connectivity index (χ4n) is 5.24. The molecule has 0 bridgehead atoms. The number of carbonyl (C=O) groups is 1. The summed E-state index contributed by atoms with van der Waals surface area (Å²) in [6.45, 7) is 2.25. The second kappa shape index (κ2) is 12.7. The lowest BCUT2D eigenvalue weighted by atomic mass is 9.79. The van der Waals surface area contributed by atoms with Gasteiger partial charge in [-0.2, -0.15) is 0 Å². The first-order valence-electron chi connectivity index (χ1n) is 13.7. The number of quaternary nitrogens is 1. The second-order valence-corrected chi connectivity index (χ2v) is 11.6. The number of anilines is 1. The van der Waals surface area contributed by atoms with Crippen LogP contribution in [0, 0.1) is 17.6 Å². The molecule has 1 amide bonds. The standard InChI is InChI=1S/C32H39F2N3O2/c1-37(2,3)20-4-5-31(39)35-21-23-6-8-25(9-7-23)32-26(22-36(32)29-17-15-28(34)16-18-29)12-19-30(38)24-10-13-27(33)14-11-24/h6-11,13-18,26,30,32,38H,4-5,12,19-22H2,1-3H3/p+1. The van der Waals surface area contributed by atoms with Crippen LogP contribution in [0.2, 0.25) is 0 Å². The summed E-state index contributed by atoms with van der Waals surface area (Å²) in [4.78, 5) is 14.5. The van der Waals surface area contributed by atoms with Gasteiger partial charge >= 0.3 is 0 Å². The molecule has 1 aliphatic rings. The average molecular weight is 537 g/mol. The molecule has 1 aliphatic heterocycles. The molecule has 208 valence electrons. The minimum atomic E-state index is -0.653. The van der Waals surface area contributed by atoms with Crippen molar-refractivity contribution in [2.45, 2.75) is 44.4 Å². The van der Waals surface area contributed by atoms with Gasteiger partial charge in [0.15, 0.2) is 0 Å². The highest BCUT2D eigenvalue weighted by Crippen LogP contribution is 2.45. The monoisotopic (exact) mass is 536 g/mol. The molecule has 3 atom stereocenters. The lowest BCUT2D eigenvalue weighted by Crippen LogP contribution is -2.50. The third kappa shape index (κ3) is 8.10. The number of halogens is 2. The van der Waals surface area contributed by atoms with E-state index in [0.717, 1.165) is 47.2 Å². The fourth-order valence-corrected chi connectivity index (χ4v) is 5.24. The second-order valence-electron chi connectivity index (χ2n) is 11.6. The molecule has 0 spiro atoms. The van der Waals surface area contributed by atoms with E-state index in [1.807, 2.05) is 12.1 Å². The molecule has 3 aromatic carbocycles. The highest BCUT2D eigenvalue weighted by molar-refractivity contribution is 5.75. The first kappa shape index (κ1) is 28.7. The molecule has 0 saturated carbocycles. The predicted molar refractivity (Wildman–Crippen MR) is 151 cm³/mol. The van der Waals surface area contributed by atoms with Gasteiger partial charge in [0.2, 0.25) is 5.91 Å². The summed E-state index contributed by atoms with van der Waals surface area (Å²) in [6.07, 6.45) is 2.09. The Hall–Kier alpha value is -3.29. The largest absolute Gasteiger partial charge is 0.388 e. The topological polar surface area (TPSA) is 52.6 Å². The maximum atomic E-state index is 13.6. The summed E-state index contributed by atoms with van der Waals surface area (Å²) in [5.74, 6) is -0.216. The van der Waals surface area contributed by atoms with Gasteiger partial charge in [-0.15, -0.1) is 0 Å². The van der Waals surface area contributed by atoms with Crippen molar-refractivity contribution in [2.75, 3.05) is 39.1 Å². The highest BCUT2D eigenvalue weighted by Gasteiger charge is 2.40. The molecule has 5 nitrogen and oxygen atoms in total. The lowest BCUT2D eigenvalue weighted by Gasteiger charge is -2.50. The van der Waals surface area contributed by atoms with Crippen molar-refractivity contribution >= 4 is 11.6 Å². The molecule has 3 aromatic rings. The van der Waals surface area contributed by atoms with Gasteiger partial charge in [-0.1, -0.05) is 36.4 Å². The van der Waals surface area contributed by atoms with Crippen molar-refractivity contribution in [1.29, 1.82) is 0 Å². The first-order chi connectivity index (χ1) is 18.6. The number of aliphatic hydroxyl groups excluding tert-OH is 1. The van der Waals surface area contributed by atoms with Crippen LogP contribution in [0.15, 0.2) is 72.8 Å². The molecule has 1 heterocycles. The number of benzene rings is 3. The normalized spacial score (nSPS) is 17.9. The molecule has 4 rings (SSSR count). The van der Waals surface area contributed by atoms with Crippen LogP contribution < -0.4 is 10.2 Å². The van der Waals surface area contributed by atoms with Crippen LogP contribution in [-0.4, -0.2) is 49.7 Å². The number of nitrogens with one attached hydrogen (secondary N) is 1. The zero-order valence-electron chi connectivity index (χ0n) is 23.1. The van der Waals surface area contributed by atoms with Crippen molar-refractivity contribution in [3.05, 3.63) is 101 Å². The molecule has 0 radical (unpaired) electrons. The smallest absolute Gasteiger partial charge is 0.220 e. The third-order valence-corrected chi connectivity index (χ3v) is 7.48. The van der Waals surface area contributed by atoms with Gasteiger partial charge in [-0.05, 0) is 65.9 Å². The van der Waals surface area contributed by atoms with E-state index < -0.39 is 6.10 Å². The van der Waals surface area contributed by atoms with Crippen LogP contribution in [-0.2, 0) is 11.3 Å². The number of aliphatic hydroxyl groups is 1. The van der Waals surface area contributed by atoms with Crippen molar-refractivity contribution in [3.8, 4) is 0 Å². The van der Waals surface area contributed by atoms with E-state index in [-0.39, 0.29) is 23.6 Å². The predicted octanol–water partition coefficient (Wildman–Crippen LogP) is 5.76. The van der Waals surface area contributed by atoms with Crippen LogP contribution in [0.1, 0.15) is 54.5 Å². The van der Waals surface area contributed by atoms with Crippen LogP contribution in [0.25, 0.3) is 0 Å². The third-order valence-electron chi connectivity index (χ3n) is 7.48. The van der Waals surface area contributed by atoms with Crippen molar-refractivity contribution in [3.63, 3.8) is 0 Å². The van der Waals surface area contributed by atoms with Gasteiger partial charge in [0.05, 0.1) is 39.8 Å². The van der Waals surface area contributed by atoms with E-state index in [9.17, 15) is 18.7 Å².